The first kappa shape index (κ1) is 23.2. The van der Waals surface area contributed by atoms with E-state index in [9.17, 15) is 4.79 Å². The highest BCUT2D eigenvalue weighted by Gasteiger charge is 2.22. The second-order valence-corrected chi connectivity index (χ2v) is 9.22. The highest BCUT2D eigenvalue weighted by Crippen LogP contribution is 2.28. The molecule has 5 rings (SSSR count). The van der Waals surface area contributed by atoms with Gasteiger partial charge in [0.05, 0.1) is 32.8 Å². The highest BCUT2D eigenvalue weighted by atomic mass is 16.5. The summed E-state index contributed by atoms with van der Waals surface area (Å²) in [6.45, 7) is 2.03. The third kappa shape index (κ3) is 5.94. The normalized spacial score (nSPS) is 20.1. The van der Waals surface area contributed by atoms with Crippen LogP contribution in [0.2, 0.25) is 0 Å². The molecule has 4 heterocycles. The maximum atomic E-state index is 12.0. The Kier molecular flexibility index (Phi) is 7.17. The van der Waals surface area contributed by atoms with Crippen LogP contribution in [-0.4, -0.2) is 64.8 Å². The molecular formula is C25H31N7O3. The number of aromatic nitrogens is 4. The largest absolute Gasteiger partial charge is 0.479 e. The highest BCUT2D eigenvalue weighted by molar-refractivity contribution is 5.84. The van der Waals surface area contributed by atoms with Crippen molar-refractivity contribution in [1.82, 2.24) is 25.3 Å². The van der Waals surface area contributed by atoms with Crippen LogP contribution in [0.15, 0.2) is 36.8 Å². The van der Waals surface area contributed by atoms with Gasteiger partial charge in [-0.05, 0) is 55.4 Å². The first-order valence-corrected chi connectivity index (χ1v) is 12.1. The van der Waals surface area contributed by atoms with E-state index in [1.165, 1.54) is 0 Å². The number of hydrogen-bond acceptors (Lipinski definition) is 9. The number of pyridine rings is 2. The molecule has 1 saturated carbocycles. The molecule has 10 heteroatoms. The monoisotopic (exact) mass is 477 g/mol. The number of anilines is 2. The zero-order chi connectivity index (χ0) is 24.0. The standard InChI is InChI=1S/C25H31N7O3/c1-34-24-23-18(8-9-26-24)4-7-21(32-23)30-19-5-2-16(3-6-19)11-27-25-28-12-17(13-29-25)10-22(33)31-20-14-35-15-20/h4,7-9,12-13,16,19-20H,2-3,5-6,10-11,14-15H2,1H3,(H,30,32)(H,31,33)(H,27,28,29)/t16-,19-. The van der Waals surface area contributed by atoms with Crippen LogP contribution in [-0.2, 0) is 16.0 Å². The lowest BCUT2D eigenvalue weighted by atomic mass is 9.86. The van der Waals surface area contributed by atoms with Crippen molar-refractivity contribution in [3.8, 4) is 5.88 Å². The predicted octanol–water partition coefficient (Wildman–Crippen LogP) is 2.57. The number of methoxy groups -OCH3 is 1. The zero-order valence-corrected chi connectivity index (χ0v) is 19.9. The van der Waals surface area contributed by atoms with Crippen LogP contribution in [0.3, 0.4) is 0 Å². The van der Waals surface area contributed by atoms with Gasteiger partial charge in [-0.25, -0.2) is 19.9 Å². The van der Waals surface area contributed by atoms with Crippen molar-refractivity contribution in [2.75, 3.05) is 37.5 Å². The van der Waals surface area contributed by atoms with E-state index in [2.05, 4.69) is 30.9 Å². The van der Waals surface area contributed by atoms with Gasteiger partial charge in [0.1, 0.15) is 11.3 Å². The number of hydrogen-bond donors (Lipinski definition) is 3. The summed E-state index contributed by atoms with van der Waals surface area (Å²) in [5, 5.41) is 10.9. The molecule has 0 radical (unpaired) electrons. The first-order chi connectivity index (χ1) is 17.2. The summed E-state index contributed by atoms with van der Waals surface area (Å²) in [5.74, 6) is 2.55. The summed E-state index contributed by atoms with van der Waals surface area (Å²) in [6.07, 6.45) is 9.84. The SMILES string of the molecule is COc1nccc2ccc(N[C@H]3CC[C@H](CNc4ncc(CC(=O)NC5COC5)cn4)CC3)nc12. The van der Waals surface area contributed by atoms with Crippen molar-refractivity contribution in [2.45, 2.75) is 44.2 Å². The van der Waals surface area contributed by atoms with E-state index in [1.54, 1.807) is 25.7 Å². The van der Waals surface area contributed by atoms with Gasteiger partial charge in [0.15, 0.2) is 0 Å². The lowest BCUT2D eigenvalue weighted by Gasteiger charge is -2.29. The van der Waals surface area contributed by atoms with E-state index in [-0.39, 0.29) is 18.4 Å². The predicted molar refractivity (Wildman–Crippen MR) is 132 cm³/mol. The molecular weight excluding hydrogens is 446 g/mol. The van der Waals surface area contributed by atoms with Gasteiger partial charge in [-0.1, -0.05) is 0 Å². The molecule has 184 valence electrons. The number of carbonyl (C=O) groups excluding carboxylic acids is 1. The second kappa shape index (κ2) is 10.8. The van der Waals surface area contributed by atoms with Crippen molar-refractivity contribution in [3.05, 3.63) is 42.4 Å². The van der Waals surface area contributed by atoms with Crippen molar-refractivity contribution >= 4 is 28.6 Å². The Morgan fingerprint density at radius 2 is 1.86 bits per heavy atom. The van der Waals surface area contributed by atoms with E-state index in [0.717, 1.165) is 54.5 Å². The molecule has 2 fully saturated rings. The molecule has 1 aliphatic carbocycles. The minimum absolute atomic E-state index is 0.0253. The smallest absolute Gasteiger partial charge is 0.240 e. The maximum Gasteiger partial charge on any atom is 0.240 e. The molecule has 35 heavy (non-hydrogen) atoms. The number of nitrogens with one attached hydrogen (secondary N) is 3. The Labute approximate surface area is 204 Å². The zero-order valence-electron chi connectivity index (χ0n) is 19.9. The Morgan fingerprint density at radius 3 is 2.57 bits per heavy atom. The second-order valence-electron chi connectivity index (χ2n) is 9.22. The van der Waals surface area contributed by atoms with Crippen LogP contribution in [0.4, 0.5) is 11.8 Å². The summed E-state index contributed by atoms with van der Waals surface area (Å²) in [6, 6.07) is 6.53. The van der Waals surface area contributed by atoms with Crippen molar-refractivity contribution < 1.29 is 14.3 Å². The summed E-state index contributed by atoms with van der Waals surface area (Å²) < 4.78 is 10.4. The molecule has 0 unspecified atom stereocenters. The Bertz CT molecular complexity index is 1150. The van der Waals surface area contributed by atoms with Crippen LogP contribution >= 0.6 is 0 Å². The molecule has 0 spiro atoms. The Balaban J connectivity index is 1.05. The number of carbonyl (C=O) groups is 1. The minimum Gasteiger partial charge on any atom is -0.479 e. The van der Waals surface area contributed by atoms with Gasteiger partial charge >= 0.3 is 0 Å². The van der Waals surface area contributed by atoms with Crippen LogP contribution < -0.4 is 20.7 Å². The van der Waals surface area contributed by atoms with Crippen LogP contribution in [0.1, 0.15) is 31.2 Å². The van der Waals surface area contributed by atoms with Gasteiger partial charge in [0.25, 0.3) is 0 Å². The van der Waals surface area contributed by atoms with Crippen LogP contribution in [0.5, 0.6) is 5.88 Å². The molecule has 1 aliphatic heterocycles. The molecule has 0 bridgehead atoms. The summed E-state index contributed by atoms with van der Waals surface area (Å²) in [4.78, 5) is 29.7. The fraction of sp³-hybridized carbons (Fsp3) is 0.480. The third-order valence-electron chi connectivity index (χ3n) is 6.59. The van der Waals surface area contributed by atoms with Gasteiger partial charge in [0, 0.05) is 36.6 Å². The van der Waals surface area contributed by atoms with Crippen molar-refractivity contribution in [3.63, 3.8) is 0 Å². The number of fused-ring (bicyclic) bond motifs is 1. The molecule has 1 saturated heterocycles. The minimum atomic E-state index is -0.0253. The topological polar surface area (TPSA) is 123 Å². The van der Waals surface area contributed by atoms with Crippen molar-refractivity contribution in [1.29, 1.82) is 0 Å². The van der Waals surface area contributed by atoms with Crippen LogP contribution in [0.25, 0.3) is 10.9 Å². The number of ether oxygens (including phenoxy) is 2. The average Bonchev–Trinajstić information content (AvgIpc) is 2.86. The summed E-state index contributed by atoms with van der Waals surface area (Å²) >= 11 is 0. The maximum absolute atomic E-state index is 12.0. The van der Waals surface area contributed by atoms with Gasteiger partial charge in [-0.15, -0.1) is 0 Å². The molecule has 0 atom stereocenters. The van der Waals surface area contributed by atoms with Gasteiger partial charge in [-0.3, -0.25) is 4.79 Å². The number of rotatable bonds is 9. The lowest BCUT2D eigenvalue weighted by molar-refractivity contribution is -0.124. The van der Waals surface area contributed by atoms with E-state index in [4.69, 9.17) is 14.5 Å². The Hall–Kier alpha value is -3.53. The summed E-state index contributed by atoms with van der Waals surface area (Å²) in [7, 11) is 1.61. The van der Waals surface area contributed by atoms with Crippen molar-refractivity contribution in [2.24, 2.45) is 5.92 Å². The third-order valence-corrected chi connectivity index (χ3v) is 6.59. The molecule has 2 aliphatic rings. The number of amides is 1. The quantitative estimate of drug-likeness (QED) is 0.427. The van der Waals surface area contributed by atoms with Gasteiger partial charge < -0.3 is 25.4 Å². The van der Waals surface area contributed by atoms with E-state index >= 15 is 0 Å². The molecule has 3 N–H and O–H groups in total. The average molecular weight is 478 g/mol. The van der Waals surface area contributed by atoms with Crippen LogP contribution in [0, 0.1) is 5.92 Å². The Morgan fingerprint density at radius 1 is 1.06 bits per heavy atom. The van der Waals surface area contributed by atoms with E-state index in [0.29, 0.717) is 37.0 Å². The van der Waals surface area contributed by atoms with Gasteiger partial charge in [0.2, 0.25) is 17.7 Å². The lowest BCUT2D eigenvalue weighted by Crippen LogP contribution is -2.49. The first-order valence-electron chi connectivity index (χ1n) is 12.1. The fourth-order valence-corrected chi connectivity index (χ4v) is 4.53. The fourth-order valence-electron chi connectivity index (χ4n) is 4.53. The molecule has 3 aromatic rings. The van der Waals surface area contributed by atoms with E-state index < -0.39 is 0 Å². The van der Waals surface area contributed by atoms with Gasteiger partial charge in [-0.2, -0.15) is 0 Å². The summed E-state index contributed by atoms with van der Waals surface area (Å²) in [5.41, 5.74) is 1.58. The molecule has 1 amide bonds. The van der Waals surface area contributed by atoms with E-state index in [1.807, 2.05) is 18.2 Å². The molecule has 0 aromatic carbocycles. The molecule has 3 aromatic heterocycles. The number of nitrogens with zero attached hydrogens (tertiary/aromatic N) is 4. The molecule has 10 nitrogen and oxygen atoms in total.